The maximum atomic E-state index is 13.7. The molecule has 35 heavy (non-hydrogen) atoms. The lowest BCUT2D eigenvalue weighted by Crippen LogP contribution is -2.39. The summed E-state index contributed by atoms with van der Waals surface area (Å²) in [6.45, 7) is 4.05. The molecule has 0 unspecified atom stereocenters. The minimum Gasteiger partial charge on any atom is -0.497 e. The largest absolute Gasteiger partial charge is 0.497 e. The number of rotatable bonds is 6. The van der Waals surface area contributed by atoms with Crippen LogP contribution in [0, 0.1) is 19.7 Å². The first-order valence-corrected chi connectivity index (χ1v) is 11.0. The van der Waals surface area contributed by atoms with Gasteiger partial charge in [-0.2, -0.15) is 0 Å². The smallest absolute Gasteiger partial charge is 0.326 e. The Morgan fingerprint density at radius 2 is 1.80 bits per heavy atom. The normalized spacial score (nSPS) is 11.4. The number of aromatic nitrogens is 3. The molecule has 10 heteroatoms. The SMILES string of the molecule is COc1ccc(NC(=O)NC(=NCCc2c[nH]c3ccc(F)cc23)Nc2nc(C)cc(C)n2)cc1. The van der Waals surface area contributed by atoms with Gasteiger partial charge < -0.3 is 15.0 Å². The molecule has 0 atom stereocenters. The van der Waals surface area contributed by atoms with Crippen molar-refractivity contribution in [3.63, 3.8) is 0 Å². The van der Waals surface area contributed by atoms with Crippen molar-refractivity contribution in [2.24, 2.45) is 4.99 Å². The molecule has 0 aliphatic rings. The number of H-pyrrole nitrogens is 1. The number of hydrogen-bond donors (Lipinski definition) is 4. The van der Waals surface area contributed by atoms with E-state index in [2.05, 4.69) is 35.9 Å². The molecule has 0 saturated heterocycles. The van der Waals surface area contributed by atoms with Crippen molar-refractivity contribution in [2.45, 2.75) is 20.3 Å². The number of aliphatic imine (C=N–C) groups is 1. The predicted octanol–water partition coefficient (Wildman–Crippen LogP) is 4.55. The Morgan fingerprint density at radius 3 is 2.51 bits per heavy atom. The van der Waals surface area contributed by atoms with Crippen molar-refractivity contribution in [1.29, 1.82) is 0 Å². The topological polar surface area (TPSA) is 116 Å². The Morgan fingerprint density at radius 1 is 1.06 bits per heavy atom. The van der Waals surface area contributed by atoms with Crippen molar-refractivity contribution in [3.05, 3.63) is 77.5 Å². The highest BCUT2D eigenvalue weighted by Gasteiger charge is 2.10. The first-order chi connectivity index (χ1) is 16.9. The lowest BCUT2D eigenvalue weighted by Gasteiger charge is -2.12. The fourth-order valence-corrected chi connectivity index (χ4v) is 3.59. The van der Waals surface area contributed by atoms with Crippen LogP contribution in [0.2, 0.25) is 0 Å². The number of hydrogen-bond acceptors (Lipinski definition) is 5. The number of ether oxygens (including phenoxy) is 1. The molecule has 0 fully saturated rings. The molecular formula is C25H26FN7O2. The van der Waals surface area contributed by atoms with Gasteiger partial charge in [0.05, 0.1) is 7.11 Å². The maximum Gasteiger partial charge on any atom is 0.326 e. The molecule has 0 saturated carbocycles. The minimum absolute atomic E-state index is 0.187. The van der Waals surface area contributed by atoms with E-state index >= 15 is 0 Å². The van der Waals surface area contributed by atoms with E-state index in [0.717, 1.165) is 27.9 Å². The Hall–Kier alpha value is -4.47. The summed E-state index contributed by atoms with van der Waals surface area (Å²) in [4.78, 5) is 29.0. The van der Waals surface area contributed by atoms with Crippen LogP contribution >= 0.6 is 0 Å². The molecule has 0 radical (unpaired) electrons. The average molecular weight is 476 g/mol. The summed E-state index contributed by atoms with van der Waals surface area (Å²) < 4.78 is 18.8. The number of amides is 2. The average Bonchev–Trinajstić information content (AvgIpc) is 3.20. The highest BCUT2D eigenvalue weighted by molar-refractivity contribution is 6.07. The van der Waals surface area contributed by atoms with Crippen molar-refractivity contribution < 1.29 is 13.9 Å². The van der Waals surface area contributed by atoms with Gasteiger partial charge in [-0.15, -0.1) is 0 Å². The van der Waals surface area contributed by atoms with Crippen LogP contribution in [0.3, 0.4) is 0 Å². The zero-order valence-electron chi connectivity index (χ0n) is 19.6. The maximum absolute atomic E-state index is 13.7. The van der Waals surface area contributed by atoms with E-state index < -0.39 is 6.03 Å². The molecule has 4 N–H and O–H groups in total. The van der Waals surface area contributed by atoms with Crippen LogP contribution in [-0.4, -0.2) is 40.6 Å². The second-order valence-corrected chi connectivity index (χ2v) is 7.89. The van der Waals surface area contributed by atoms with Gasteiger partial charge >= 0.3 is 6.03 Å². The fraction of sp³-hybridized carbons (Fsp3) is 0.200. The molecule has 4 rings (SSSR count). The molecule has 4 aromatic rings. The van der Waals surface area contributed by atoms with E-state index in [4.69, 9.17) is 4.74 Å². The summed E-state index contributed by atoms with van der Waals surface area (Å²) in [5.74, 6) is 0.893. The number of aryl methyl sites for hydroxylation is 2. The van der Waals surface area contributed by atoms with Crippen molar-refractivity contribution in [1.82, 2.24) is 20.3 Å². The number of methoxy groups -OCH3 is 1. The number of benzene rings is 2. The number of halogens is 1. The molecule has 0 bridgehead atoms. The summed E-state index contributed by atoms with van der Waals surface area (Å²) in [5, 5.41) is 9.26. The number of carbonyl (C=O) groups is 1. The third-order valence-electron chi connectivity index (χ3n) is 5.17. The van der Waals surface area contributed by atoms with E-state index in [-0.39, 0.29) is 11.8 Å². The van der Waals surface area contributed by atoms with Gasteiger partial charge in [-0.1, -0.05) is 0 Å². The molecular weight excluding hydrogens is 449 g/mol. The molecule has 2 aromatic carbocycles. The summed E-state index contributed by atoms with van der Waals surface area (Å²) in [6.07, 6.45) is 2.37. The third-order valence-corrected chi connectivity index (χ3v) is 5.17. The van der Waals surface area contributed by atoms with Crippen molar-refractivity contribution >= 4 is 34.5 Å². The van der Waals surface area contributed by atoms with Gasteiger partial charge in [0.15, 0.2) is 0 Å². The standard InChI is InChI=1S/C25H26FN7O2/c1-15-12-16(2)30-24(29-15)32-23(33-25(34)31-19-5-7-20(35-3)8-6-19)27-11-10-17-14-28-22-9-4-18(26)13-21(17)22/h4-9,12-14,28H,10-11H2,1-3H3,(H3,27,29,30,31,32,33,34). The number of aromatic amines is 1. The van der Waals surface area contributed by atoms with Crippen LogP contribution < -0.4 is 20.7 Å². The summed E-state index contributed by atoms with van der Waals surface area (Å²) >= 11 is 0. The number of anilines is 2. The number of nitrogens with zero attached hydrogens (tertiary/aromatic N) is 3. The van der Waals surface area contributed by atoms with Gasteiger partial charge in [0.1, 0.15) is 11.6 Å². The van der Waals surface area contributed by atoms with Gasteiger partial charge in [-0.25, -0.2) is 19.2 Å². The monoisotopic (exact) mass is 475 g/mol. The van der Waals surface area contributed by atoms with Gasteiger partial charge in [0.2, 0.25) is 11.9 Å². The van der Waals surface area contributed by atoms with Crippen LogP contribution in [-0.2, 0) is 6.42 Å². The molecule has 2 aromatic heterocycles. The molecule has 0 aliphatic heterocycles. The summed E-state index contributed by atoms with van der Waals surface area (Å²) in [6, 6.07) is 12.9. The quantitative estimate of drug-likeness (QED) is 0.241. The van der Waals surface area contributed by atoms with E-state index in [9.17, 15) is 9.18 Å². The first-order valence-electron chi connectivity index (χ1n) is 11.0. The predicted molar refractivity (Wildman–Crippen MR) is 135 cm³/mol. The fourth-order valence-electron chi connectivity index (χ4n) is 3.59. The lowest BCUT2D eigenvalue weighted by molar-refractivity contribution is 0.256. The van der Waals surface area contributed by atoms with Crippen LogP contribution in [0.1, 0.15) is 17.0 Å². The van der Waals surface area contributed by atoms with Gasteiger partial charge in [-0.05, 0) is 74.4 Å². The zero-order chi connectivity index (χ0) is 24.8. The van der Waals surface area contributed by atoms with E-state index in [1.165, 1.54) is 12.1 Å². The Kier molecular flexibility index (Phi) is 7.20. The van der Waals surface area contributed by atoms with Crippen LogP contribution in [0.15, 0.2) is 59.7 Å². The molecule has 2 heterocycles. The number of urea groups is 1. The number of fused-ring (bicyclic) bond motifs is 1. The molecule has 180 valence electrons. The number of guanidine groups is 1. The second-order valence-electron chi connectivity index (χ2n) is 7.89. The summed E-state index contributed by atoms with van der Waals surface area (Å²) in [7, 11) is 1.57. The highest BCUT2D eigenvalue weighted by atomic mass is 19.1. The zero-order valence-corrected chi connectivity index (χ0v) is 19.6. The summed E-state index contributed by atoms with van der Waals surface area (Å²) in [5.41, 5.74) is 3.93. The molecule has 9 nitrogen and oxygen atoms in total. The van der Waals surface area contributed by atoms with Crippen LogP contribution in [0.25, 0.3) is 10.9 Å². The van der Waals surface area contributed by atoms with Crippen molar-refractivity contribution in [2.75, 3.05) is 24.3 Å². The third kappa shape index (κ3) is 6.32. The van der Waals surface area contributed by atoms with E-state index in [1.54, 1.807) is 37.4 Å². The number of nitrogens with one attached hydrogen (secondary N) is 4. The van der Waals surface area contributed by atoms with Gasteiger partial charge in [0, 0.05) is 40.7 Å². The van der Waals surface area contributed by atoms with E-state index in [0.29, 0.717) is 30.4 Å². The van der Waals surface area contributed by atoms with Crippen LogP contribution in [0.5, 0.6) is 5.75 Å². The highest BCUT2D eigenvalue weighted by Crippen LogP contribution is 2.20. The Labute approximate surface area is 201 Å². The number of carbonyl (C=O) groups excluding carboxylic acids is 1. The van der Waals surface area contributed by atoms with Crippen LogP contribution in [0.4, 0.5) is 20.8 Å². The Bertz CT molecular complexity index is 1350. The van der Waals surface area contributed by atoms with E-state index in [1.807, 2.05) is 26.1 Å². The van der Waals surface area contributed by atoms with Gasteiger partial charge in [0.25, 0.3) is 0 Å². The molecule has 0 aliphatic carbocycles. The lowest BCUT2D eigenvalue weighted by atomic mass is 10.1. The minimum atomic E-state index is -0.486. The molecule has 2 amide bonds. The second kappa shape index (κ2) is 10.6. The Balaban J connectivity index is 1.49. The molecule has 0 spiro atoms. The van der Waals surface area contributed by atoms with Gasteiger partial charge in [-0.3, -0.25) is 15.6 Å². The first kappa shape index (κ1) is 23.7. The van der Waals surface area contributed by atoms with Crippen molar-refractivity contribution in [3.8, 4) is 5.75 Å².